The average molecular weight is 315 g/mol. The molecule has 0 unspecified atom stereocenters. The van der Waals surface area contributed by atoms with Crippen LogP contribution in [0.2, 0.25) is 5.02 Å². The van der Waals surface area contributed by atoms with E-state index in [4.69, 9.17) is 25.6 Å². The molecule has 0 amide bonds. The fraction of sp³-hybridized carbons (Fsp3) is 0.125. The molecule has 0 aliphatic carbocycles. The van der Waals surface area contributed by atoms with Crippen LogP contribution in [0, 0.1) is 0 Å². The van der Waals surface area contributed by atoms with Crippen molar-refractivity contribution in [2.24, 2.45) is 0 Å². The van der Waals surface area contributed by atoms with Gasteiger partial charge in [-0.05, 0) is 42.5 Å². The molecule has 0 bridgehead atoms. The molecule has 2 aromatic carbocycles. The molecule has 0 saturated carbocycles. The Balaban J connectivity index is 1.68. The minimum Gasteiger partial charge on any atom is -0.486 e. The third kappa shape index (κ3) is 2.40. The first-order valence-electron chi connectivity index (χ1n) is 6.79. The van der Waals surface area contributed by atoms with Gasteiger partial charge in [0.25, 0.3) is 5.89 Å². The second-order valence-electron chi connectivity index (χ2n) is 4.79. The number of ether oxygens (including phenoxy) is 2. The molecule has 6 heteroatoms. The van der Waals surface area contributed by atoms with Gasteiger partial charge in [-0.15, -0.1) is 0 Å². The predicted molar refractivity (Wildman–Crippen MR) is 81.2 cm³/mol. The molecule has 0 saturated heterocycles. The van der Waals surface area contributed by atoms with Gasteiger partial charge < -0.3 is 14.0 Å². The van der Waals surface area contributed by atoms with Gasteiger partial charge in [0.2, 0.25) is 5.82 Å². The van der Waals surface area contributed by atoms with E-state index in [0.29, 0.717) is 35.7 Å². The van der Waals surface area contributed by atoms with Gasteiger partial charge in [0, 0.05) is 16.1 Å². The summed E-state index contributed by atoms with van der Waals surface area (Å²) in [7, 11) is 0. The van der Waals surface area contributed by atoms with Gasteiger partial charge in [0.15, 0.2) is 11.5 Å². The van der Waals surface area contributed by atoms with Gasteiger partial charge in [-0.25, -0.2) is 0 Å². The van der Waals surface area contributed by atoms with E-state index in [1.54, 1.807) is 12.1 Å². The summed E-state index contributed by atoms with van der Waals surface area (Å²) in [5, 5.41) is 4.67. The summed E-state index contributed by atoms with van der Waals surface area (Å²) in [5.74, 6) is 2.37. The SMILES string of the molecule is Clc1ccc(-c2noc(-c3ccc4c(c3)OCCO4)n2)cc1. The molecule has 22 heavy (non-hydrogen) atoms. The summed E-state index contributed by atoms with van der Waals surface area (Å²) in [6.07, 6.45) is 0. The number of nitrogens with zero attached hydrogens (tertiary/aromatic N) is 2. The second-order valence-corrected chi connectivity index (χ2v) is 5.22. The summed E-state index contributed by atoms with van der Waals surface area (Å²) in [5.41, 5.74) is 1.63. The molecule has 5 nitrogen and oxygen atoms in total. The van der Waals surface area contributed by atoms with Crippen LogP contribution in [0.25, 0.3) is 22.8 Å². The molecule has 2 heterocycles. The molecule has 0 atom stereocenters. The molecular formula is C16H11ClN2O3. The highest BCUT2D eigenvalue weighted by Gasteiger charge is 2.16. The van der Waals surface area contributed by atoms with Crippen LogP contribution in [-0.4, -0.2) is 23.4 Å². The molecule has 3 aromatic rings. The van der Waals surface area contributed by atoms with Gasteiger partial charge in [-0.1, -0.05) is 16.8 Å². The first kappa shape index (κ1) is 13.2. The van der Waals surface area contributed by atoms with Crippen LogP contribution in [0.4, 0.5) is 0 Å². The molecule has 0 radical (unpaired) electrons. The van der Waals surface area contributed by atoms with Gasteiger partial charge in [0.1, 0.15) is 13.2 Å². The second kappa shape index (κ2) is 5.35. The van der Waals surface area contributed by atoms with Crippen LogP contribution in [0.1, 0.15) is 0 Å². The minimum absolute atomic E-state index is 0.432. The fourth-order valence-corrected chi connectivity index (χ4v) is 2.36. The third-order valence-electron chi connectivity index (χ3n) is 3.32. The minimum atomic E-state index is 0.432. The Morgan fingerprint density at radius 3 is 2.41 bits per heavy atom. The van der Waals surface area contributed by atoms with Crippen molar-refractivity contribution in [1.29, 1.82) is 0 Å². The molecule has 0 spiro atoms. The number of benzene rings is 2. The number of fused-ring (bicyclic) bond motifs is 1. The van der Waals surface area contributed by atoms with E-state index in [-0.39, 0.29) is 0 Å². The molecule has 110 valence electrons. The van der Waals surface area contributed by atoms with Gasteiger partial charge in [0.05, 0.1) is 0 Å². The van der Waals surface area contributed by atoms with Gasteiger partial charge >= 0.3 is 0 Å². The first-order chi connectivity index (χ1) is 10.8. The lowest BCUT2D eigenvalue weighted by Gasteiger charge is -2.18. The monoisotopic (exact) mass is 314 g/mol. The van der Waals surface area contributed by atoms with Crippen LogP contribution in [0.5, 0.6) is 11.5 Å². The zero-order chi connectivity index (χ0) is 14.9. The lowest BCUT2D eigenvalue weighted by molar-refractivity contribution is 0.171. The molecule has 0 fully saturated rings. The van der Waals surface area contributed by atoms with Crippen LogP contribution in [0.15, 0.2) is 47.0 Å². The van der Waals surface area contributed by atoms with Crippen LogP contribution >= 0.6 is 11.6 Å². The van der Waals surface area contributed by atoms with Crippen molar-refractivity contribution in [3.05, 3.63) is 47.5 Å². The maximum absolute atomic E-state index is 5.88. The quantitative estimate of drug-likeness (QED) is 0.719. The Hall–Kier alpha value is -2.53. The van der Waals surface area contributed by atoms with Crippen molar-refractivity contribution in [1.82, 2.24) is 10.1 Å². The zero-order valence-corrected chi connectivity index (χ0v) is 12.2. The van der Waals surface area contributed by atoms with E-state index in [2.05, 4.69) is 10.1 Å². The van der Waals surface area contributed by atoms with Crippen LogP contribution in [0.3, 0.4) is 0 Å². The van der Waals surface area contributed by atoms with Crippen LogP contribution < -0.4 is 9.47 Å². The number of halogens is 1. The Morgan fingerprint density at radius 2 is 1.59 bits per heavy atom. The Labute approximate surface area is 131 Å². The van der Waals surface area contributed by atoms with Crippen molar-refractivity contribution in [2.45, 2.75) is 0 Å². The maximum atomic E-state index is 5.88. The Kier molecular flexibility index (Phi) is 3.20. The largest absolute Gasteiger partial charge is 0.486 e. The number of hydrogen-bond acceptors (Lipinski definition) is 5. The molecule has 1 aliphatic heterocycles. The van der Waals surface area contributed by atoms with Crippen molar-refractivity contribution >= 4 is 11.6 Å². The molecule has 0 N–H and O–H groups in total. The third-order valence-corrected chi connectivity index (χ3v) is 3.57. The summed E-state index contributed by atoms with van der Waals surface area (Å²) in [4.78, 5) is 4.41. The number of aromatic nitrogens is 2. The van der Waals surface area contributed by atoms with Crippen molar-refractivity contribution < 1.29 is 14.0 Å². The number of rotatable bonds is 2. The van der Waals surface area contributed by atoms with E-state index in [1.807, 2.05) is 30.3 Å². The smallest absolute Gasteiger partial charge is 0.258 e. The van der Waals surface area contributed by atoms with Crippen LogP contribution in [-0.2, 0) is 0 Å². The molecule has 4 rings (SSSR count). The molecule has 1 aliphatic rings. The molecular weight excluding hydrogens is 304 g/mol. The van der Waals surface area contributed by atoms with Gasteiger partial charge in [-0.3, -0.25) is 0 Å². The fourth-order valence-electron chi connectivity index (χ4n) is 2.23. The highest BCUT2D eigenvalue weighted by Crippen LogP contribution is 2.34. The topological polar surface area (TPSA) is 57.4 Å². The van der Waals surface area contributed by atoms with E-state index < -0.39 is 0 Å². The highest BCUT2D eigenvalue weighted by atomic mass is 35.5. The van der Waals surface area contributed by atoms with E-state index >= 15 is 0 Å². The first-order valence-corrected chi connectivity index (χ1v) is 7.17. The Morgan fingerprint density at radius 1 is 0.864 bits per heavy atom. The van der Waals surface area contributed by atoms with E-state index in [9.17, 15) is 0 Å². The Bertz CT molecular complexity index is 815. The summed E-state index contributed by atoms with van der Waals surface area (Å²) >= 11 is 5.88. The maximum Gasteiger partial charge on any atom is 0.258 e. The average Bonchev–Trinajstić information content (AvgIpc) is 3.05. The van der Waals surface area contributed by atoms with E-state index in [1.165, 1.54) is 0 Å². The normalized spacial score (nSPS) is 13.1. The van der Waals surface area contributed by atoms with Crippen molar-refractivity contribution in [2.75, 3.05) is 13.2 Å². The summed E-state index contributed by atoms with van der Waals surface area (Å²) < 4.78 is 16.4. The lowest BCUT2D eigenvalue weighted by Crippen LogP contribution is -2.15. The standard InChI is InChI=1S/C16H11ClN2O3/c17-12-4-1-10(2-5-12)15-18-16(22-19-15)11-3-6-13-14(9-11)21-8-7-20-13/h1-6,9H,7-8H2. The van der Waals surface area contributed by atoms with Crippen molar-refractivity contribution in [3.8, 4) is 34.3 Å². The highest BCUT2D eigenvalue weighted by molar-refractivity contribution is 6.30. The van der Waals surface area contributed by atoms with Crippen molar-refractivity contribution in [3.63, 3.8) is 0 Å². The number of hydrogen-bond donors (Lipinski definition) is 0. The summed E-state index contributed by atoms with van der Waals surface area (Å²) in [6.45, 7) is 1.10. The van der Waals surface area contributed by atoms with Gasteiger partial charge in [-0.2, -0.15) is 4.98 Å². The lowest BCUT2D eigenvalue weighted by atomic mass is 10.2. The molecule has 1 aromatic heterocycles. The zero-order valence-electron chi connectivity index (χ0n) is 11.5. The summed E-state index contributed by atoms with van der Waals surface area (Å²) in [6, 6.07) is 12.8. The predicted octanol–water partition coefficient (Wildman–Crippen LogP) is 3.83. The van der Waals surface area contributed by atoms with E-state index in [0.717, 1.165) is 16.9 Å².